The van der Waals surface area contributed by atoms with E-state index in [1.54, 1.807) is 6.07 Å². The van der Waals surface area contributed by atoms with Gasteiger partial charge in [0.25, 0.3) is 0 Å². The summed E-state index contributed by atoms with van der Waals surface area (Å²) in [5.41, 5.74) is 3.12. The van der Waals surface area contributed by atoms with Gasteiger partial charge in [0.2, 0.25) is 0 Å². The van der Waals surface area contributed by atoms with Crippen LogP contribution in [0.25, 0.3) is 0 Å². The van der Waals surface area contributed by atoms with E-state index in [1.807, 2.05) is 42.5 Å². The van der Waals surface area contributed by atoms with Crippen LogP contribution in [0.2, 0.25) is 0 Å². The van der Waals surface area contributed by atoms with Crippen LogP contribution in [-0.2, 0) is 6.54 Å². The maximum Gasteiger partial charge on any atom is 0.192 e. The van der Waals surface area contributed by atoms with E-state index in [-0.39, 0.29) is 30.3 Å². The molecular formula is C22H19Br2ClFN3. The monoisotopic (exact) mass is 537 g/mol. The molecule has 7 heteroatoms. The largest absolute Gasteiger partial charge is 0.347 e. The minimum Gasteiger partial charge on any atom is -0.347 e. The van der Waals surface area contributed by atoms with E-state index in [0.29, 0.717) is 12.5 Å². The number of nitrogens with one attached hydrogen (secondary N) is 2. The van der Waals surface area contributed by atoms with Crippen LogP contribution in [0, 0.1) is 5.82 Å². The molecule has 3 aromatic carbocycles. The first-order valence-electron chi connectivity index (χ1n) is 8.92. The van der Waals surface area contributed by atoms with E-state index in [2.05, 4.69) is 59.6 Å². The molecule has 1 fully saturated rings. The first kappa shape index (κ1) is 21.8. The molecule has 2 N–H and O–H groups in total. The van der Waals surface area contributed by atoms with E-state index in [0.717, 1.165) is 25.6 Å². The van der Waals surface area contributed by atoms with E-state index >= 15 is 0 Å². The zero-order valence-electron chi connectivity index (χ0n) is 15.3. The maximum absolute atomic E-state index is 13.4. The van der Waals surface area contributed by atoms with Crippen molar-refractivity contribution in [1.29, 1.82) is 0 Å². The molecule has 4 rings (SSSR count). The van der Waals surface area contributed by atoms with Crippen molar-refractivity contribution in [2.45, 2.75) is 18.6 Å². The number of rotatable bonds is 4. The topological polar surface area (TPSA) is 36.4 Å². The van der Waals surface area contributed by atoms with Gasteiger partial charge < -0.3 is 10.6 Å². The quantitative estimate of drug-likeness (QED) is 0.408. The van der Waals surface area contributed by atoms with Gasteiger partial charge in [-0.1, -0.05) is 80.4 Å². The molecule has 1 heterocycles. The number of halogens is 4. The predicted molar refractivity (Wildman–Crippen MR) is 125 cm³/mol. The van der Waals surface area contributed by atoms with Crippen molar-refractivity contribution in [2.24, 2.45) is 4.99 Å². The summed E-state index contributed by atoms with van der Waals surface area (Å²) in [7, 11) is 0. The molecule has 0 radical (unpaired) electrons. The number of nitrogens with zero attached hydrogens (tertiary/aromatic N) is 1. The maximum atomic E-state index is 13.4. The van der Waals surface area contributed by atoms with Crippen LogP contribution in [0.3, 0.4) is 0 Å². The Bertz CT molecular complexity index is 973. The van der Waals surface area contributed by atoms with Crippen molar-refractivity contribution in [3.8, 4) is 0 Å². The number of aliphatic imine (C=N–C) groups is 1. The summed E-state index contributed by atoms with van der Waals surface area (Å²) in [5.74, 6) is 0.452. The van der Waals surface area contributed by atoms with Crippen LogP contribution in [0.1, 0.15) is 28.8 Å². The van der Waals surface area contributed by atoms with Gasteiger partial charge in [0.1, 0.15) is 5.82 Å². The second-order valence-corrected chi connectivity index (χ2v) is 8.29. The second-order valence-electron chi connectivity index (χ2n) is 6.58. The molecule has 3 nitrogen and oxygen atoms in total. The summed E-state index contributed by atoms with van der Waals surface area (Å²) in [6.07, 6.45) is 0. The zero-order chi connectivity index (χ0) is 19.5. The lowest BCUT2D eigenvalue weighted by Gasteiger charge is -2.21. The molecule has 2 atom stereocenters. The first-order valence-corrected chi connectivity index (χ1v) is 10.5. The Balaban J connectivity index is 0.00000240. The standard InChI is InChI=1S/C22H18Br2FN3.ClH/c23-18-10-3-1-8-16(18)20-21(17-9-2-4-11-19(17)24)28-22(27-20)26-13-14-6-5-7-15(25)12-14;/h1-12,20-21H,13H2,(H2,26,27,28);1H/t20-,21+;. The third-order valence-corrected chi connectivity index (χ3v) is 6.15. The van der Waals surface area contributed by atoms with Gasteiger partial charge in [-0.25, -0.2) is 9.38 Å². The van der Waals surface area contributed by atoms with Crippen molar-refractivity contribution in [1.82, 2.24) is 10.6 Å². The Labute approximate surface area is 192 Å². The van der Waals surface area contributed by atoms with Gasteiger partial charge in [0, 0.05) is 8.95 Å². The van der Waals surface area contributed by atoms with Gasteiger partial charge in [0.05, 0.1) is 18.6 Å². The normalized spacial score (nSPS) is 19.3. The fourth-order valence-corrected chi connectivity index (χ4v) is 4.43. The molecule has 1 aliphatic rings. The second kappa shape index (κ2) is 9.74. The molecule has 150 valence electrons. The Hall–Kier alpha value is -1.89. The van der Waals surface area contributed by atoms with Crippen molar-refractivity contribution in [2.75, 3.05) is 0 Å². The minimum absolute atomic E-state index is 0. The SMILES string of the molecule is Cl.Fc1cccc(CN=C2N[C@H](c3ccccc3Br)[C@H](c3ccccc3Br)N2)c1. The molecule has 3 aromatic rings. The Morgan fingerprint density at radius 2 is 1.34 bits per heavy atom. The fourth-order valence-electron chi connectivity index (χ4n) is 3.37. The Morgan fingerprint density at radius 1 is 0.793 bits per heavy atom. The Morgan fingerprint density at radius 3 is 1.86 bits per heavy atom. The van der Waals surface area contributed by atoms with E-state index < -0.39 is 0 Å². The van der Waals surface area contributed by atoms with Crippen molar-refractivity contribution >= 4 is 50.2 Å². The lowest BCUT2D eigenvalue weighted by Crippen LogP contribution is -2.25. The van der Waals surface area contributed by atoms with Crippen LogP contribution < -0.4 is 10.6 Å². The lowest BCUT2D eigenvalue weighted by molar-refractivity contribution is 0.550. The van der Waals surface area contributed by atoms with Crippen LogP contribution in [0.5, 0.6) is 0 Å². The van der Waals surface area contributed by atoms with E-state index in [1.165, 1.54) is 12.1 Å². The minimum atomic E-state index is -0.248. The zero-order valence-corrected chi connectivity index (χ0v) is 19.3. The van der Waals surface area contributed by atoms with Crippen LogP contribution in [0.15, 0.2) is 86.7 Å². The highest BCUT2D eigenvalue weighted by molar-refractivity contribution is 9.10. The first-order chi connectivity index (χ1) is 13.6. The van der Waals surface area contributed by atoms with Crippen LogP contribution in [-0.4, -0.2) is 5.96 Å². The van der Waals surface area contributed by atoms with Gasteiger partial charge in [-0.05, 0) is 41.0 Å². The molecule has 0 amide bonds. The van der Waals surface area contributed by atoms with Gasteiger partial charge in [0.15, 0.2) is 5.96 Å². The summed E-state index contributed by atoms with van der Waals surface area (Å²) in [6, 6.07) is 22.9. The molecule has 0 saturated carbocycles. The summed E-state index contributed by atoms with van der Waals surface area (Å²) in [6.45, 7) is 0.401. The fraction of sp³-hybridized carbons (Fsp3) is 0.136. The third-order valence-electron chi connectivity index (χ3n) is 4.71. The summed E-state index contributed by atoms with van der Waals surface area (Å²) < 4.78 is 15.5. The number of benzene rings is 3. The average Bonchev–Trinajstić information content (AvgIpc) is 3.11. The molecule has 0 bridgehead atoms. The Kier molecular flexibility index (Phi) is 7.33. The summed E-state index contributed by atoms with van der Waals surface area (Å²) >= 11 is 7.33. The lowest BCUT2D eigenvalue weighted by atomic mass is 9.95. The van der Waals surface area contributed by atoms with Crippen molar-refractivity contribution in [3.05, 3.63) is 104 Å². The molecule has 29 heavy (non-hydrogen) atoms. The third kappa shape index (κ3) is 5.00. The van der Waals surface area contributed by atoms with Gasteiger partial charge in [-0.15, -0.1) is 12.4 Å². The molecule has 1 saturated heterocycles. The van der Waals surface area contributed by atoms with Gasteiger partial charge in [-0.3, -0.25) is 0 Å². The smallest absolute Gasteiger partial charge is 0.192 e. The average molecular weight is 540 g/mol. The summed E-state index contributed by atoms with van der Waals surface area (Å²) in [4.78, 5) is 4.64. The molecule has 0 aliphatic carbocycles. The molecule has 0 spiro atoms. The van der Waals surface area contributed by atoms with E-state index in [9.17, 15) is 4.39 Å². The molecule has 0 unspecified atom stereocenters. The van der Waals surface area contributed by atoms with Gasteiger partial charge >= 0.3 is 0 Å². The van der Waals surface area contributed by atoms with Crippen molar-refractivity contribution in [3.63, 3.8) is 0 Å². The predicted octanol–water partition coefficient (Wildman–Crippen LogP) is 6.30. The highest BCUT2D eigenvalue weighted by Gasteiger charge is 2.34. The number of guanidine groups is 1. The highest BCUT2D eigenvalue weighted by Crippen LogP contribution is 2.38. The number of hydrogen-bond acceptors (Lipinski definition) is 1. The van der Waals surface area contributed by atoms with Crippen LogP contribution in [0.4, 0.5) is 4.39 Å². The van der Waals surface area contributed by atoms with Gasteiger partial charge in [-0.2, -0.15) is 0 Å². The molecule has 0 aromatic heterocycles. The van der Waals surface area contributed by atoms with Crippen molar-refractivity contribution < 1.29 is 4.39 Å². The molecule has 1 aliphatic heterocycles. The number of hydrogen-bond donors (Lipinski definition) is 2. The molecular weight excluding hydrogens is 521 g/mol. The van der Waals surface area contributed by atoms with E-state index in [4.69, 9.17) is 0 Å². The summed E-state index contributed by atoms with van der Waals surface area (Å²) in [5, 5.41) is 7.01. The van der Waals surface area contributed by atoms with Crippen LogP contribution >= 0.6 is 44.3 Å². The highest BCUT2D eigenvalue weighted by atomic mass is 79.9.